The van der Waals surface area contributed by atoms with Gasteiger partial charge in [0.05, 0.1) is 6.61 Å². The van der Waals surface area contributed by atoms with E-state index in [-0.39, 0.29) is 12.3 Å². The van der Waals surface area contributed by atoms with Crippen LogP contribution in [0.15, 0.2) is 24.4 Å². The maximum Gasteiger partial charge on any atom is 0.323 e. The second-order valence-electron chi connectivity index (χ2n) is 7.88. The second-order valence-corrected chi connectivity index (χ2v) is 8.75. The smallest absolute Gasteiger partial charge is 0.323 e. The molecule has 0 radical (unpaired) electrons. The molecule has 0 aliphatic heterocycles. The first kappa shape index (κ1) is 25.2. The highest BCUT2D eigenvalue weighted by molar-refractivity contribution is 6.35. The summed E-state index contributed by atoms with van der Waals surface area (Å²) >= 11 is 12.1. The lowest BCUT2D eigenvalue weighted by Gasteiger charge is -2.23. The molecule has 2 unspecified atom stereocenters. The average Bonchev–Trinajstić information content (AvgIpc) is 3.14. The van der Waals surface area contributed by atoms with Gasteiger partial charge in [-0.25, -0.2) is 4.98 Å². The number of hydrogen-bond donors (Lipinski definition) is 3. The van der Waals surface area contributed by atoms with Crippen LogP contribution in [0.5, 0.6) is 0 Å². The molecule has 2 atom stereocenters. The zero-order valence-electron chi connectivity index (χ0n) is 18.0. The molecule has 9 heteroatoms. The number of ether oxygens (including phenoxy) is 1. The lowest BCUT2D eigenvalue weighted by molar-refractivity contribution is -0.148. The third-order valence-corrected chi connectivity index (χ3v) is 5.06. The Morgan fingerprint density at radius 3 is 2.45 bits per heavy atom. The molecule has 0 aliphatic rings. The van der Waals surface area contributed by atoms with Gasteiger partial charge in [-0.15, -0.1) is 0 Å². The Morgan fingerprint density at radius 2 is 1.87 bits per heavy atom. The molecular weight excluding hydrogens is 441 g/mol. The number of carboxylic acid groups (broad SMARTS) is 1. The summed E-state index contributed by atoms with van der Waals surface area (Å²) in [6, 6.07) is 3.36. The number of halogens is 2. The van der Waals surface area contributed by atoms with Crippen LogP contribution >= 0.6 is 23.2 Å². The molecule has 0 amide bonds. The molecule has 0 bridgehead atoms. The van der Waals surface area contributed by atoms with Gasteiger partial charge in [0.2, 0.25) is 0 Å². The van der Waals surface area contributed by atoms with Crippen molar-refractivity contribution < 1.29 is 19.4 Å². The first-order chi connectivity index (χ1) is 14.7. The van der Waals surface area contributed by atoms with E-state index in [1.807, 2.05) is 20.8 Å². The molecule has 7 nitrogen and oxygen atoms in total. The summed E-state index contributed by atoms with van der Waals surface area (Å²) in [6.07, 6.45) is 3.84. The van der Waals surface area contributed by atoms with Crippen LogP contribution in [0, 0.1) is 5.92 Å². The van der Waals surface area contributed by atoms with Gasteiger partial charge < -0.3 is 14.8 Å². The lowest BCUT2D eigenvalue weighted by Crippen LogP contribution is -2.49. The van der Waals surface area contributed by atoms with Gasteiger partial charge in [0.1, 0.15) is 17.9 Å². The van der Waals surface area contributed by atoms with Crippen LogP contribution in [0.25, 0.3) is 11.4 Å². The number of imidazole rings is 1. The number of carbonyl (C=O) groups is 2. The molecule has 1 heterocycles. The summed E-state index contributed by atoms with van der Waals surface area (Å²) in [5.74, 6) is -0.761. The highest BCUT2D eigenvalue weighted by Gasteiger charge is 2.28. The number of unbranched alkanes of at least 4 members (excludes halogenated alkanes) is 1. The molecule has 0 fully saturated rings. The number of H-pyrrole nitrogens is 1. The van der Waals surface area contributed by atoms with E-state index in [1.165, 1.54) is 0 Å². The van der Waals surface area contributed by atoms with Crippen molar-refractivity contribution in [3.05, 3.63) is 40.1 Å². The molecule has 2 rings (SSSR count). The van der Waals surface area contributed by atoms with E-state index >= 15 is 0 Å². The quantitative estimate of drug-likeness (QED) is 0.306. The Morgan fingerprint density at radius 1 is 1.19 bits per heavy atom. The number of esters is 1. The summed E-state index contributed by atoms with van der Waals surface area (Å²) in [4.78, 5) is 31.8. The highest BCUT2D eigenvalue weighted by Crippen LogP contribution is 2.25. The number of benzene rings is 1. The fraction of sp³-hybridized carbons (Fsp3) is 0.500. The number of aliphatic carboxylic acids is 1. The van der Waals surface area contributed by atoms with Crippen molar-refractivity contribution in [2.75, 3.05) is 6.61 Å². The second kappa shape index (κ2) is 12.1. The molecule has 0 spiro atoms. The third-order valence-electron chi connectivity index (χ3n) is 4.62. The van der Waals surface area contributed by atoms with Gasteiger partial charge in [0, 0.05) is 33.9 Å². The Labute approximate surface area is 192 Å². The molecule has 170 valence electrons. The number of nitrogens with zero attached hydrogens (tertiary/aromatic N) is 1. The Hall–Kier alpha value is -2.09. The fourth-order valence-electron chi connectivity index (χ4n) is 3.10. The standard InChI is InChI=1S/C22H29Cl2N3O4/c1-4-5-6-31-22(30)19(7-13(2)3)27-18(21(28)29)11-17-12-25-20(26-17)14-8-15(23)10-16(24)9-14/h8-10,12-13,18-19,27H,4-7,11H2,1-3H3,(H,25,26)(H,28,29). The molecule has 3 N–H and O–H groups in total. The first-order valence-electron chi connectivity index (χ1n) is 10.3. The zero-order valence-corrected chi connectivity index (χ0v) is 19.5. The first-order valence-corrected chi connectivity index (χ1v) is 11.1. The normalized spacial score (nSPS) is 13.2. The number of carbonyl (C=O) groups excluding carboxylic acids is 1. The Bertz CT molecular complexity index is 865. The monoisotopic (exact) mass is 469 g/mol. The average molecular weight is 470 g/mol. The largest absolute Gasteiger partial charge is 0.480 e. The minimum absolute atomic E-state index is 0.119. The topological polar surface area (TPSA) is 104 Å². The van der Waals surface area contributed by atoms with Crippen LogP contribution in [0.1, 0.15) is 45.7 Å². The number of aromatic amines is 1. The minimum Gasteiger partial charge on any atom is -0.480 e. The van der Waals surface area contributed by atoms with Crippen molar-refractivity contribution in [1.29, 1.82) is 0 Å². The van der Waals surface area contributed by atoms with E-state index < -0.39 is 24.0 Å². The summed E-state index contributed by atoms with van der Waals surface area (Å²) in [5, 5.41) is 13.6. The van der Waals surface area contributed by atoms with Crippen LogP contribution in [0.4, 0.5) is 0 Å². The fourth-order valence-corrected chi connectivity index (χ4v) is 3.63. The molecule has 31 heavy (non-hydrogen) atoms. The number of nitrogens with one attached hydrogen (secondary N) is 2. The Balaban J connectivity index is 2.13. The predicted octanol–water partition coefficient (Wildman–Crippen LogP) is 4.73. The summed E-state index contributed by atoms with van der Waals surface area (Å²) < 4.78 is 5.32. The van der Waals surface area contributed by atoms with E-state index in [0.29, 0.717) is 40.2 Å². The van der Waals surface area contributed by atoms with Crippen LogP contribution < -0.4 is 5.32 Å². The van der Waals surface area contributed by atoms with Crippen LogP contribution in [-0.4, -0.2) is 45.7 Å². The molecule has 2 aromatic rings. The van der Waals surface area contributed by atoms with Gasteiger partial charge >= 0.3 is 11.9 Å². The molecule has 1 aromatic heterocycles. The molecular formula is C22H29Cl2N3O4. The van der Waals surface area contributed by atoms with Gasteiger partial charge in [-0.2, -0.15) is 0 Å². The van der Waals surface area contributed by atoms with Gasteiger partial charge in [-0.05, 0) is 37.0 Å². The van der Waals surface area contributed by atoms with Crippen molar-refractivity contribution >= 4 is 35.1 Å². The Kier molecular flexibility index (Phi) is 9.81. The number of carboxylic acids is 1. The maximum atomic E-state index is 12.5. The van der Waals surface area contributed by atoms with E-state index in [9.17, 15) is 14.7 Å². The SMILES string of the molecule is CCCCOC(=O)C(CC(C)C)NC(Cc1cnc(-c2cc(Cl)cc(Cl)c2)[nH]1)C(=O)O. The maximum absolute atomic E-state index is 12.5. The van der Waals surface area contributed by atoms with Gasteiger partial charge in [0.15, 0.2) is 0 Å². The van der Waals surface area contributed by atoms with Crippen LogP contribution in [0.3, 0.4) is 0 Å². The van der Waals surface area contributed by atoms with Crippen molar-refractivity contribution in [3.8, 4) is 11.4 Å². The lowest BCUT2D eigenvalue weighted by atomic mass is 10.0. The highest BCUT2D eigenvalue weighted by atomic mass is 35.5. The molecule has 0 saturated heterocycles. The van der Waals surface area contributed by atoms with Crippen molar-refractivity contribution in [2.24, 2.45) is 5.92 Å². The number of rotatable bonds is 12. The number of hydrogen-bond acceptors (Lipinski definition) is 5. The van der Waals surface area contributed by atoms with E-state index in [2.05, 4.69) is 15.3 Å². The van der Waals surface area contributed by atoms with E-state index in [1.54, 1.807) is 24.4 Å². The van der Waals surface area contributed by atoms with Crippen molar-refractivity contribution in [1.82, 2.24) is 15.3 Å². The zero-order chi connectivity index (χ0) is 23.0. The number of aromatic nitrogens is 2. The van der Waals surface area contributed by atoms with E-state index in [0.717, 1.165) is 12.8 Å². The minimum atomic E-state index is -1.06. The van der Waals surface area contributed by atoms with Crippen molar-refractivity contribution in [2.45, 2.75) is 58.5 Å². The van der Waals surface area contributed by atoms with Gasteiger partial charge in [-0.3, -0.25) is 14.9 Å². The third kappa shape index (κ3) is 8.16. The summed E-state index contributed by atoms with van der Waals surface area (Å²) in [5.41, 5.74) is 1.30. The summed E-state index contributed by atoms with van der Waals surface area (Å²) in [7, 11) is 0. The van der Waals surface area contributed by atoms with E-state index in [4.69, 9.17) is 27.9 Å². The van der Waals surface area contributed by atoms with Crippen LogP contribution in [0.2, 0.25) is 10.0 Å². The molecule has 1 aromatic carbocycles. The van der Waals surface area contributed by atoms with Crippen molar-refractivity contribution in [3.63, 3.8) is 0 Å². The predicted molar refractivity (Wildman–Crippen MR) is 121 cm³/mol. The van der Waals surface area contributed by atoms with Gasteiger partial charge in [0.25, 0.3) is 0 Å². The van der Waals surface area contributed by atoms with Crippen LogP contribution in [-0.2, 0) is 20.7 Å². The summed E-state index contributed by atoms with van der Waals surface area (Å²) in [6.45, 7) is 6.28. The molecule has 0 aliphatic carbocycles. The van der Waals surface area contributed by atoms with Gasteiger partial charge in [-0.1, -0.05) is 50.4 Å². The molecule has 0 saturated carbocycles.